The second-order valence-corrected chi connectivity index (χ2v) is 3.45. The lowest BCUT2D eigenvalue weighted by Gasteiger charge is -2.23. The first-order valence-corrected chi connectivity index (χ1v) is 3.33. The Morgan fingerprint density at radius 3 is 1.91 bits per heavy atom. The van der Waals surface area contributed by atoms with Crippen molar-refractivity contribution < 1.29 is 9.90 Å². The van der Waals surface area contributed by atoms with Crippen molar-refractivity contribution in [3.05, 3.63) is 0 Å². The fourth-order valence-electron chi connectivity index (χ4n) is 0.711. The van der Waals surface area contributed by atoms with Crippen molar-refractivity contribution in [3.8, 4) is 0 Å². The van der Waals surface area contributed by atoms with Gasteiger partial charge in [0.25, 0.3) is 0 Å². The topological polar surface area (TPSA) is 49.3 Å². The van der Waals surface area contributed by atoms with E-state index in [9.17, 15) is 4.79 Å². The van der Waals surface area contributed by atoms with E-state index in [0.29, 0.717) is 0 Å². The number of hydrogen-bond donors (Lipinski definition) is 2. The molecule has 4 heteroatoms. The predicted molar refractivity (Wildman–Crippen MR) is 47.2 cm³/mol. The molecular weight excluding hydrogens is 166 g/mol. The molecular formula is C7H16ClNO2. The molecule has 0 saturated heterocycles. The maximum Gasteiger partial charge on any atom is 0.320 e. The largest absolute Gasteiger partial charge is 0.480 e. The van der Waals surface area contributed by atoms with Crippen LogP contribution in [-0.2, 0) is 4.79 Å². The van der Waals surface area contributed by atoms with Gasteiger partial charge in [0.15, 0.2) is 0 Å². The van der Waals surface area contributed by atoms with Gasteiger partial charge in [-0.25, -0.2) is 0 Å². The summed E-state index contributed by atoms with van der Waals surface area (Å²) in [5.41, 5.74) is -0.127. The Hall–Kier alpha value is -0.280. The van der Waals surface area contributed by atoms with Crippen molar-refractivity contribution in [1.29, 1.82) is 0 Å². The molecule has 0 aromatic rings. The van der Waals surface area contributed by atoms with E-state index in [2.05, 4.69) is 5.32 Å². The molecule has 1 atom stereocenters. The van der Waals surface area contributed by atoms with Gasteiger partial charge in [0.1, 0.15) is 6.04 Å². The molecule has 0 unspecified atom stereocenters. The summed E-state index contributed by atoms with van der Waals surface area (Å²) in [6, 6.07) is -0.472. The molecule has 3 nitrogen and oxygen atoms in total. The first-order valence-electron chi connectivity index (χ1n) is 3.33. The molecule has 0 aliphatic rings. The van der Waals surface area contributed by atoms with E-state index < -0.39 is 12.0 Å². The molecule has 0 spiro atoms. The van der Waals surface area contributed by atoms with Crippen LogP contribution in [-0.4, -0.2) is 22.7 Å². The number of carbonyl (C=O) groups is 1. The molecule has 11 heavy (non-hydrogen) atoms. The van der Waals surface area contributed by atoms with Gasteiger partial charge in [-0.15, -0.1) is 12.4 Å². The van der Waals surface area contributed by atoms with Crippen LogP contribution in [0, 0.1) is 0 Å². The predicted octanol–water partition coefficient (Wildman–Crippen LogP) is 1.27. The molecule has 0 amide bonds. The van der Waals surface area contributed by atoms with E-state index >= 15 is 0 Å². The summed E-state index contributed by atoms with van der Waals surface area (Å²) in [6.45, 7) is 7.44. The van der Waals surface area contributed by atoms with Gasteiger partial charge in [0, 0.05) is 5.54 Å². The van der Waals surface area contributed by atoms with Crippen molar-refractivity contribution >= 4 is 18.4 Å². The summed E-state index contributed by atoms with van der Waals surface area (Å²) < 4.78 is 0. The van der Waals surface area contributed by atoms with E-state index in [-0.39, 0.29) is 17.9 Å². The third-order valence-electron chi connectivity index (χ3n) is 1.02. The van der Waals surface area contributed by atoms with Crippen molar-refractivity contribution in [3.63, 3.8) is 0 Å². The quantitative estimate of drug-likeness (QED) is 0.675. The van der Waals surface area contributed by atoms with Gasteiger partial charge in [0.05, 0.1) is 0 Å². The van der Waals surface area contributed by atoms with Crippen LogP contribution >= 0.6 is 12.4 Å². The molecule has 2 N–H and O–H groups in total. The van der Waals surface area contributed by atoms with E-state index in [0.717, 1.165) is 0 Å². The number of rotatable bonds is 2. The maximum atomic E-state index is 10.3. The Bertz CT molecular complexity index is 131. The zero-order chi connectivity index (χ0) is 8.36. The fraction of sp³-hybridized carbons (Fsp3) is 0.857. The van der Waals surface area contributed by atoms with Gasteiger partial charge in [-0.2, -0.15) is 0 Å². The van der Waals surface area contributed by atoms with Crippen LogP contribution < -0.4 is 5.32 Å². The number of halogens is 1. The minimum absolute atomic E-state index is 0. The summed E-state index contributed by atoms with van der Waals surface area (Å²) in [5, 5.41) is 11.4. The van der Waals surface area contributed by atoms with Gasteiger partial charge in [-0.05, 0) is 27.7 Å². The van der Waals surface area contributed by atoms with Gasteiger partial charge >= 0.3 is 5.97 Å². The maximum absolute atomic E-state index is 10.3. The van der Waals surface area contributed by atoms with E-state index in [1.54, 1.807) is 6.92 Å². The standard InChI is InChI=1S/C7H15NO2.ClH/c1-5(6(9)10)8-7(2,3)4;/h5,8H,1-4H3,(H,9,10);1H/t5-;/m0./s1. The lowest BCUT2D eigenvalue weighted by atomic mass is 10.1. The molecule has 0 bridgehead atoms. The van der Waals surface area contributed by atoms with Crippen LogP contribution in [0.1, 0.15) is 27.7 Å². The molecule has 0 fully saturated rings. The number of aliphatic carboxylic acids is 1. The van der Waals surface area contributed by atoms with E-state index in [1.165, 1.54) is 0 Å². The van der Waals surface area contributed by atoms with Crippen LogP contribution in [0.15, 0.2) is 0 Å². The summed E-state index contributed by atoms with van der Waals surface area (Å²) >= 11 is 0. The fourth-order valence-corrected chi connectivity index (χ4v) is 0.711. The second-order valence-electron chi connectivity index (χ2n) is 3.45. The Kier molecular flexibility index (Phi) is 5.53. The van der Waals surface area contributed by atoms with Gasteiger partial charge in [-0.3, -0.25) is 10.1 Å². The monoisotopic (exact) mass is 181 g/mol. The van der Waals surface area contributed by atoms with E-state index in [4.69, 9.17) is 5.11 Å². The lowest BCUT2D eigenvalue weighted by molar-refractivity contribution is -0.139. The van der Waals surface area contributed by atoms with Crippen molar-refractivity contribution in [2.24, 2.45) is 0 Å². The summed E-state index contributed by atoms with van der Waals surface area (Å²) in [5.74, 6) is -0.810. The average molecular weight is 182 g/mol. The SMILES string of the molecule is C[C@H](NC(C)(C)C)C(=O)O.Cl. The molecule has 68 valence electrons. The van der Waals surface area contributed by atoms with Crippen molar-refractivity contribution in [1.82, 2.24) is 5.32 Å². The molecule has 0 radical (unpaired) electrons. The van der Waals surface area contributed by atoms with Crippen LogP contribution in [0.2, 0.25) is 0 Å². The summed E-state index contributed by atoms with van der Waals surface area (Å²) in [7, 11) is 0. The highest BCUT2D eigenvalue weighted by atomic mass is 35.5. The van der Waals surface area contributed by atoms with Gasteiger partial charge in [-0.1, -0.05) is 0 Å². The third kappa shape index (κ3) is 7.62. The van der Waals surface area contributed by atoms with Crippen molar-refractivity contribution in [2.45, 2.75) is 39.3 Å². The molecule has 0 aromatic heterocycles. The molecule has 0 rings (SSSR count). The van der Waals surface area contributed by atoms with Crippen LogP contribution in [0.5, 0.6) is 0 Å². The molecule has 0 aromatic carbocycles. The molecule has 0 aliphatic heterocycles. The van der Waals surface area contributed by atoms with Crippen molar-refractivity contribution in [2.75, 3.05) is 0 Å². The third-order valence-corrected chi connectivity index (χ3v) is 1.02. The van der Waals surface area contributed by atoms with Crippen LogP contribution in [0.25, 0.3) is 0 Å². The first kappa shape index (κ1) is 13.3. The van der Waals surface area contributed by atoms with Crippen LogP contribution in [0.3, 0.4) is 0 Å². The lowest BCUT2D eigenvalue weighted by Crippen LogP contribution is -2.45. The molecule has 0 saturated carbocycles. The Morgan fingerprint density at radius 2 is 1.82 bits per heavy atom. The molecule has 0 aliphatic carbocycles. The highest BCUT2D eigenvalue weighted by Crippen LogP contribution is 2.00. The number of hydrogen-bond acceptors (Lipinski definition) is 2. The normalized spacial score (nSPS) is 13.5. The molecule has 0 heterocycles. The highest BCUT2D eigenvalue weighted by molar-refractivity contribution is 5.85. The van der Waals surface area contributed by atoms with Crippen LogP contribution in [0.4, 0.5) is 0 Å². The first-order chi connectivity index (χ1) is 4.33. The Labute approximate surface area is 73.6 Å². The van der Waals surface area contributed by atoms with E-state index in [1.807, 2.05) is 20.8 Å². The summed E-state index contributed by atoms with van der Waals surface area (Å²) in [6.07, 6.45) is 0. The van der Waals surface area contributed by atoms with Gasteiger partial charge < -0.3 is 5.11 Å². The minimum Gasteiger partial charge on any atom is -0.480 e. The number of carboxylic acids is 1. The Balaban J connectivity index is 0. The zero-order valence-electron chi connectivity index (χ0n) is 7.34. The summed E-state index contributed by atoms with van der Waals surface area (Å²) in [4.78, 5) is 10.3. The Morgan fingerprint density at radius 1 is 1.45 bits per heavy atom. The zero-order valence-corrected chi connectivity index (χ0v) is 8.16. The van der Waals surface area contributed by atoms with Gasteiger partial charge in [0.2, 0.25) is 0 Å². The number of nitrogens with one attached hydrogen (secondary N) is 1. The number of carboxylic acid groups (broad SMARTS) is 1. The highest BCUT2D eigenvalue weighted by Gasteiger charge is 2.17. The minimum atomic E-state index is -0.810. The average Bonchev–Trinajstić information content (AvgIpc) is 1.60. The smallest absolute Gasteiger partial charge is 0.320 e. The second kappa shape index (κ2) is 4.57.